The monoisotopic (exact) mass is 356 g/mol. The van der Waals surface area contributed by atoms with Crippen LogP contribution in [0.3, 0.4) is 0 Å². The van der Waals surface area contributed by atoms with Gasteiger partial charge in [-0.05, 0) is 57.5 Å². The number of carbonyl (C=O) groups is 1. The quantitative estimate of drug-likeness (QED) is 0.655. The van der Waals surface area contributed by atoms with Crippen LogP contribution >= 0.6 is 11.3 Å². The van der Waals surface area contributed by atoms with Crippen LogP contribution in [0.15, 0.2) is 30.3 Å². The second-order valence-corrected chi connectivity index (χ2v) is 7.72. The van der Waals surface area contributed by atoms with Gasteiger partial charge in [-0.2, -0.15) is 0 Å². The van der Waals surface area contributed by atoms with E-state index in [4.69, 9.17) is 10.5 Å². The Labute approximate surface area is 150 Å². The normalized spacial score (nSPS) is 11.5. The first kappa shape index (κ1) is 17.2. The molecule has 7 heteroatoms. The SMILES string of the molecule is Cc1cc(-c2ccc3nc(NC(=O)OC(C)(C)C)sc3n2)ccc1N. The maximum absolute atomic E-state index is 11.9. The van der Waals surface area contributed by atoms with Crippen LogP contribution in [0, 0.1) is 6.92 Å². The zero-order valence-corrected chi connectivity index (χ0v) is 15.4. The molecule has 0 saturated carbocycles. The van der Waals surface area contributed by atoms with E-state index in [1.807, 2.05) is 58.0 Å². The van der Waals surface area contributed by atoms with E-state index < -0.39 is 11.7 Å². The number of aromatic nitrogens is 2. The number of nitrogens with zero attached hydrogens (tertiary/aromatic N) is 2. The topological polar surface area (TPSA) is 90.1 Å². The van der Waals surface area contributed by atoms with Crippen molar-refractivity contribution >= 4 is 38.6 Å². The number of benzene rings is 1. The Balaban J connectivity index is 1.86. The summed E-state index contributed by atoms with van der Waals surface area (Å²) >= 11 is 1.31. The fourth-order valence-electron chi connectivity index (χ4n) is 2.26. The molecule has 0 bridgehead atoms. The molecule has 3 N–H and O–H groups in total. The maximum Gasteiger partial charge on any atom is 0.413 e. The fraction of sp³-hybridized carbons (Fsp3) is 0.278. The van der Waals surface area contributed by atoms with E-state index in [-0.39, 0.29) is 0 Å². The number of hydrogen-bond donors (Lipinski definition) is 2. The Kier molecular flexibility index (Phi) is 4.34. The number of aryl methyl sites for hydroxylation is 1. The molecule has 0 atom stereocenters. The summed E-state index contributed by atoms with van der Waals surface area (Å²) in [6.45, 7) is 7.40. The number of thiazole rings is 1. The highest BCUT2D eigenvalue weighted by molar-refractivity contribution is 7.21. The number of nitrogens with two attached hydrogens (primary N) is 1. The van der Waals surface area contributed by atoms with E-state index in [0.717, 1.165) is 32.9 Å². The van der Waals surface area contributed by atoms with Gasteiger partial charge in [0, 0.05) is 11.3 Å². The molecule has 3 aromatic rings. The highest BCUT2D eigenvalue weighted by Gasteiger charge is 2.18. The van der Waals surface area contributed by atoms with Crippen LogP contribution in [0.1, 0.15) is 26.3 Å². The van der Waals surface area contributed by atoms with Crippen molar-refractivity contribution in [3.05, 3.63) is 35.9 Å². The number of pyridine rings is 1. The Hall–Kier alpha value is -2.67. The molecular formula is C18H20N4O2S. The lowest BCUT2D eigenvalue weighted by Gasteiger charge is -2.18. The van der Waals surface area contributed by atoms with Gasteiger partial charge in [0.2, 0.25) is 0 Å². The van der Waals surface area contributed by atoms with Crippen LogP contribution in [0.2, 0.25) is 0 Å². The molecule has 3 rings (SSSR count). The van der Waals surface area contributed by atoms with Crippen LogP contribution in [0.25, 0.3) is 21.6 Å². The smallest absolute Gasteiger partial charge is 0.413 e. The molecule has 0 aliphatic heterocycles. The summed E-state index contributed by atoms with van der Waals surface area (Å²) in [5.74, 6) is 0. The molecule has 0 aliphatic carbocycles. The van der Waals surface area contributed by atoms with Gasteiger partial charge >= 0.3 is 6.09 Å². The summed E-state index contributed by atoms with van der Waals surface area (Å²) in [4.78, 5) is 21.6. The fourth-order valence-corrected chi connectivity index (χ4v) is 3.08. The third-order valence-electron chi connectivity index (χ3n) is 3.43. The molecule has 0 unspecified atom stereocenters. The number of carbonyl (C=O) groups excluding carboxylic acids is 1. The van der Waals surface area contributed by atoms with Crippen molar-refractivity contribution in [3.8, 4) is 11.3 Å². The lowest BCUT2D eigenvalue weighted by molar-refractivity contribution is 0.0636. The lowest BCUT2D eigenvalue weighted by Crippen LogP contribution is -2.27. The van der Waals surface area contributed by atoms with Gasteiger partial charge in [-0.25, -0.2) is 14.8 Å². The zero-order valence-electron chi connectivity index (χ0n) is 14.6. The number of anilines is 2. The van der Waals surface area contributed by atoms with Gasteiger partial charge in [0.1, 0.15) is 15.9 Å². The van der Waals surface area contributed by atoms with Crippen molar-refractivity contribution in [1.82, 2.24) is 9.97 Å². The molecule has 0 radical (unpaired) electrons. The molecule has 0 aliphatic rings. The number of fused-ring (bicyclic) bond motifs is 1. The largest absolute Gasteiger partial charge is 0.444 e. The summed E-state index contributed by atoms with van der Waals surface area (Å²) in [6, 6.07) is 9.62. The molecular weight excluding hydrogens is 336 g/mol. The number of nitrogens with one attached hydrogen (secondary N) is 1. The van der Waals surface area contributed by atoms with Gasteiger partial charge in [0.15, 0.2) is 5.13 Å². The predicted octanol–water partition coefficient (Wildman–Crippen LogP) is 4.60. The third kappa shape index (κ3) is 4.06. The molecule has 1 amide bonds. The summed E-state index contributed by atoms with van der Waals surface area (Å²) in [5.41, 5.74) is 9.63. The second-order valence-electron chi connectivity index (χ2n) is 6.74. The van der Waals surface area contributed by atoms with Crippen molar-refractivity contribution in [2.24, 2.45) is 0 Å². The molecule has 0 fully saturated rings. The number of ether oxygens (including phenoxy) is 1. The van der Waals surface area contributed by atoms with Gasteiger partial charge in [-0.3, -0.25) is 5.32 Å². The molecule has 0 spiro atoms. The Morgan fingerprint density at radius 2 is 1.96 bits per heavy atom. The van der Waals surface area contributed by atoms with Gasteiger partial charge in [-0.15, -0.1) is 0 Å². The lowest BCUT2D eigenvalue weighted by atomic mass is 10.1. The first-order valence-electron chi connectivity index (χ1n) is 7.85. The van der Waals surface area contributed by atoms with Crippen LogP contribution < -0.4 is 11.1 Å². The Bertz CT molecular complexity index is 944. The zero-order chi connectivity index (χ0) is 18.2. The Morgan fingerprint density at radius 1 is 1.20 bits per heavy atom. The first-order valence-corrected chi connectivity index (χ1v) is 8.67. The average molecular weight is 356 g/mol. The van der Waals surface area contributed by atoms with Crippen molar-refractivity contribution in [2.75, 3.05) is 11.1 Å². The minimum absolute atomic E-state index is 0.461. The number of nitrogen functional groups attached to an aromatic ring is 1. The highest BCUT2D eigenvalue weighted by atomic mass is 32.1. The van der Waals surface area contributed by atoms with Crippen LogP contribution in [0.4, 0.5) is 15.6 Å². The molecule has 6 nitrogen and oxygen atoms in total. The van der Waals surface area contributed by atoms with Crippen molar-refractivity contribution < 1.29 is 9.53 Å². The number of hydrogen-bond acceptors (Lipinski definition) is 6. The minimum atomic E-state index is -0.556. The van der Waals surface area contributed by atoms with Gasteiger partial charge in [0.05, 0.1) is 5.69 Å². The third-order valence-corrected chi connectivity index (χ3v) is 4.31. The molecule has 0 saturated heterocycles. The van der Waals surface area contributed by atoms with Crippen LogP contribution in [-0.4, -0.2) is 21.7 Å². The summed E-state index contributed by atoms with van der Waals surface area (Å²) in [5, 5.41) is 3.11. The first-order chi connectivity index (χ1) is 11.7. The minimum Gasteiger partial charge on any atom is -0.444 e. The molecule has 2 heterocycles. The summed E-state index contributed by atoms with van der Waals surface area (Å²) in [6.07, 6.45) is -0.527. The Morgan fingerprint density at radius 3 is 2.64 bits per heavy atom. The van der Waals surface area contributed by atoms with Gasteiger partial charge in [0.25, 0.3) is 0 Å². The number of amides is 1. The molecule has 2 aromatic heterocycles. The predicted molar refractivity (Wildman–Crippen MR) is 102 cm³/mol. The van der Waals surface area contributed by atoms with E-state index in [9.17, 15) is 4.79 Å². The van der Waals surface area contributed by atoms with E-state index in [0.29, 0.717) is 5.13 Å². The molecule has 1 aromatic carbocycles. The van der Waals surface area contributed by atoms with E-state index >= 15 is 0 Å². The average Bonchev–Trinajstić information content (AvgIpc) is 2.89. The standard InChI is InChI=1S/C18H20N4O2S/c1-10-9-11(5-6-12(10)19)13-7-8-14-15(20-13)25-16(21-14)22-17(23)24-18(2,3)4/h5-9H,19H2,1-4H3,(H,21,22,23). The van der Waals surface area contributed by atoms with Crippen molar-refractivity contribution in [3.63, 3.8) is 0 Å². The number of rotatable bonds is 2. The highest BCUT2D eigenvalue weighted by Crippen LogP contribution is 2.29. The second kappa shape index (κ2) is 6.33. The maximum atomic E-state index is 11.9. The van der Waals surface area contributed by atoms with Gasteiger partial charge in [-0.1, -0.05) is 17.4 Å². The van der Waals surface area contributed by atoms with Gasteiger partial charge < -0.3 is 10.5 Å². The van der Waals surface area contributed by atoms with E-state index in [1.165, 1.54) is 11.3 Å². The molecule has 25 heavy (non-hydrogen) atoms. The summed E-state index contributed by atoms with van der Waals surface area (Å²) in [7, 11) is 0. The van der Waals surface area contributed by atoms with Crippen molar-refractivity contribution in [2.45, 2.75) is 33.3 Å². The van der Waals surface area contributed by atoms with Crippen LogP contribution in [0.5, 0.6) is 0 Å². The van der Waals surface area contributed by atoms with Crippen LogP contribution in [-0.2, 0) is 4.74 Å². The molecule has 130 valence electrons. The van der Waals surface area contributed by atoms with Crippen molar-refractivity contribution in [1.29, 1.82) is 0 Å². The van der Waals surface area contributed by atoms with E-state index in [2.05, 4.69) is 15.3 Å². The summed E-state index contributed by atoms with van der Waals surface area (Å²) < 4.78 is 5.24. The van der Waals surface area contributed by atoms with E-state index in [1.54, 1.807) is 0 Å².